The second kappa shape index (κ2) is 5.10. The lowest BCUT2D eigenvalue weighted by molar-refractivity contribution is -0.383. The molecule has 104 valence electrons. The molecule has 1 heterocycles. The van der Waals surface area contributed by atoms with Gasteiger partial charge in [0.25, 0.3) is 5.69 Å². The molecule has 0 unspecified atom stereocenters. The lowest BCUT2D eigenvalue weighted by Crippen LogP contribution is -1.96. The van der Waals surface area contributed by atoms with Gasteiger partial charge in [0.1, 0.15) is 11.1 Å². The monoisotopic (exact) mass is 299 g/mol. The fourth-order valence-corrected chi connectivity index (χ4v) is 2.47. The molecule has 0 fully saturated rings. The van der Waals surface area contributed by atoms with E-state index in [1.54, 1.807) is 12.1 Å². The summed E-state index contributed by atoms with van der Waals surface area (Å²) in [5.41, 5.74) is 2.48. The lowest BCUT2D eigenvalue weighted by atomic mass is 10.0. The summed E-state index contributed by atoms with van der Waals surface area (Å²) >= 11 is 6.01. The number of rotatable bonds is 2. The summed E-state index contributed by atoms with van der Waals surface area (Å²) in [6.45, 7) is 1.99. The predicted molar refractivity (Wildman–Crippen MR) is 81.4 cm³/mol. The Balaban J connectivity index is 2.35. The van der Waals surface area contributed by atoms with Gasteiger partial charge in [-0.3, -0.25) is 10.1 Å². The predicted octanol–water partition coefficient (Wildman–Crippen LogP) is 4.17. The largest absolute Gasteiger partial charge is 0.280 e. The second-order valence-electron chi connectivity index (χ2n) is 4.66. The average Bonchev–Trinajstić information content (AvgIpc) is 2.48. The van der Waals surface area contributed by atoms with E-state index >= 15 is 0 Å². The third-order valence-corrected chi connectivity index (χ3v) is 3.53. The average molecular weight is 300 g/mol. The molecule has 3 aromatic rings. The van der Waals surface area contributed by atoms with Crippen LogP contribution in [0.1, 0.15) is 5.56 Å². The Labute approximate surface area is 125 Å². The molecule has 2 aromatic carbocycles. The fraction of sp³-hybridized carbons (Fsp3) is 0.0667. The van der Waals surface area contributed by atoms with E-state index in [-0.39, 0.29) is 10.8 Å². The van der Waals surface area contributed by atoms with Crippen LogP contribution in [0.2, 0.25) is 5.15 Å². The zero-order chi connectivity index (χ0) is 15.0. The van der Waals surface area contributed by atoms with Crippen molar-refractivity contribution in [2.24, 2.45) is 0 Å². The van der Waals surface area contributed by atoms with E-state index < -0.39 is 4.92 Å². The second-order valence-corrected chi connectivity index (χ2v) is 5.02. The third kappa shape index (κ3) is 2.32. The van der Waals surface area contributed by atoms with Gasteiger partial charge in [-0.05, 0) is 6.92 Å². The molecule has 5 nitrogen and oxygen atoms in total. The van der Waals surface area contributed by atoms with Crippen LogP contribution in [0, 0.1) is 17.0 Å². The lowest BCUT2D eigenvalue weighted by Gasteiger charge is -2.07. The van der Waals surface area contributed by atoms with Gasteiger partial charge in [-0.2, -0.15) is 0 Å². The molecule has 0 radical (unpaired) electrons. The molecule has 0 aliphatic heterocycles. The van der Waals surface area contributed by atoms with Crippen molar-refractivity contribution in [1.29, 1.82) is 0 Å². The van der Waals surface area contributed by atoms with E-state index in [0.29, 0.717) is 16.5 Å². The maximum atomic E-state index is 11.2. The van der Waals surface area contributed by atoms with Gasteiger partial charge in [-0.15, -0.1) is 10.2 Å². The van der Waals surface area contributed by atoms with Crippen LogP contribution >= 0.6 is 11.6 Å². The van der Waals surface area contributed by atoms with Crippen molar-refractivity contribution in [2.45, 2.75) is 6.92 Å². The first-order chi connectivity index (χ1) is 10.1. The molecule has 0 atom stereocenters. The van der Waals surface area contributed by atoms with Crippen molar-refractivity contribution >= 4 is 28.1 Å². The zero-order valence-electron chi connectivity index (χ0n) is 11.1. The third-order valence-electron chi connectivity index (χ3n) is 3.26. The van der Waals surface area contributed by atoms with E-state index in [9.17, 15) is 10.1 Å². The molecule has 1 aromatic heterocycles. The summed E-state index contributed by atoms with van der Waals surface area (Å²) in [6.07, 6.45) is 0. The maximum absolute atomic E-state index is 11.2. The van der Waals surface area contributed by atoms with E-state index in [0.717, 1.165) is 11.1 Å². The molecule has 0 spiro atoms. The van der Waals surface area contributed by atoms with E-state index in [1.165, 1.54) is 6.07 Å². The first kappa shape index (κ1) is 13.5. The Kier molecular flexibility index (Phi) is 3.27. The van der Waals surface area contributed by atoms with Crippen molar-refractivity contribution in [3.8, 4) is 11.3 Å². The van der Waals surface area contributed by atoms with Crippen LogP contribution in [0.3, 0.4) is 0 Å². The molecule has 6 heteroatoms. The van der Waals surface area contributed by atoms with Crippen molar-refractivity contribution in [3.05, 3.63) is 63.3 Å². The SMILES string of the molecule is Cc1ccc(-c2nnc(Cl)c3c([N+](=O)[O-])cccc23)cc1. The smallest absolute Gasteiger partial charge is 0.258 e. The van der Waals surface area contributed by atoms with Crippen molar-refractivity contribution in [3.63, 3.8) is 0 Å². The topological polar surface area (TPSA) is 68.9 Å². The van der Waals surface area contributed by atoms with Gasteiger partial charge in [-0.1, -0.05) is 53.6 Å². The fourth-order valence-electron chi connectivity index (χ4n) is 2.23. The number of fused-ring (bicyclic) bond motifs is 1. The minimum Gasteiger partial charge on any atom is -0.258 e. The van der Waals surface area contributed by atoms with Gasteiger partial charge in [0.2, 0.25) is 0 Å². The molecule has 21 heavy (non-hydrogen) atoms. The summed E-state index contributed by atoms with van der Waals surface area (Å²) in [6, 6.07) is 12.5. The number of benzene rings is 2. The molecular formula is C15H10ClN3O2. The number of aryl methyl sites for hydroxylation is 1. The Bertz CT molecular complexity index is 847. The van der Waals surface area contributed by atoms with Crippen molar-refractivity contribution < 1.29 is 4.92 Å². The summed E-state index contributed by atoms with van der Waals surface area (Å²) in [7, 11) is 0. The highest BCUT2D eigenvalue weighted by atomic mass is 35.5. The Hall–Kier alpha value is -2.53. The first-order valence-corrected chi connectivity index (χ1v) is 6.62. The highest BCUT2D eigenvalue weighted by molar-refractivity contribution is 6.35. The van der Waals surface area contributed by atoms with Crippen LogP contribution in [-0.4, -0.2) is 15.1 Å². The normalized spacial score (nSPS) is 10.8. The number of non-ortho nitro benzene ring substituents is 1. The molecule has 0 aliphatic rings. The summed E-state index contributed by atoms with van der Waals surface area (Å²) < 4.78 is 0. The molecule has 0 aliphatic carbocycles. The Morgan fingerprint density at radius 3 is 2.48 bits per heavy atom. The van der Waals surface area contributed by atoms with Crippen LogP contribution in [0.4, 0.5) is 5.69 Å². The Morgan fingerprint density at radius 2 is 1.81 bits per heavy atom. The quantitative estimate of drug-likeness (QED) is 0.526. The molecule has 0 saturated carbocycles. The molecule has 3 rings (SSSR count). The Morgan fingerprint density at radius 1 is 1.10 bits per heavy atom. The van der Waals surface area contributed by atoms with Crippen LogP contribution in [0.5, 0.6) is 0 Å². The van der Waals surface area contributed by atoms with Crippen LogP contribution < -0.4 is 0 Å². The minimum absolute atomic E-state index is 0.0353. The summed E-state index contributed by atoms with van der Waals surface area (Å²) in [4.78, 5) is 10.7. The number of nitrogens with zero attached hydrogens (tertiary/aromatic N) is 3. The number of halogens is 1. The number of aromatic nitrogens is 2. The highest BCUT2D eigenvalue weighted by Crippen LogP contribution is 2.35. The minimum atomic E-state index is -0.463. The molecule has 0 N–H and O–H groups in total. The van der Waals surface area contributed by atoms with Crippen LogP contribution in [0.25, 0.3) is 22.0 Å². The van der Waals surface area contributed by atoms with Gasteiger partial charge >= 0.3 is 0 Å². The molecule has 0 saturated heterocycles. The summed E-state index contributed by atoms with van der Waals surface area (Å²) in [5, 5.41) is 20.1. The number of nitro groups is 1. The van der Waals surface area contributed by atoms with E-state index in [2.05, 4.69) is 10.2 Å². The van der Waals surface area contributed by atoms with Crippen molar-refractivity contribution in [1.82, 2.24) is 10.2 Å². The first-order valence-electron chi connectivity index (χ1n) is 6.24. The van der Waals surface area contributed by atoms with E-state index in [1.807, 2.05) is 31.2 Å². The number of hydrogen-bond acceptors (Lipinski definition) is 4. The van der Waals surface area contributed by atoms with Crippen molar-refractivity contribution in [2.75, 3.05) is 0 Å². The van der Waals surface area contributed by atoms with Gasteiger partial charge in [-0.25, -0.2) is 0 Å². The summed E-state index contributed by atoms with van der Waals surface area (Å²) in [5.74, 6) is 0. The van der Waals surface area contributed by atoms with Gasteiger partial charge < -0.3 is 0 Å². The van der Waals surface area contributed by atoms with Crippen LogP contribution in [-0.2, 0) is 0 Å². The maximum Gasteiger partial charge on any atom is 0.280 e. The van der Waals surface area contributed by atoms with Gasteiger partial charge in [0.05, 0.1) is 4.92 Å². The van der Waals surface area contributed by atoms with Gasteiger partial charge in [0.15, 0.2) is 5.15 Å². The number of nitro benzene ring substituents is 1. The van der Waals surface area contributed by atoms with Gasteiger partial charge in [0, 0.05) is 17.0 Å². The molecule has 0 bridgehead atoms. The van der Waals surface area contributed by atoms with Crippen LogP contribution in [0.15, 0.2) is 42.5 Å². The molecule has 0 amide bonds. The highest BCUT2D eigenvalue weighted by Gasteiger charge is 2.19. The standard InChI is InChI=1S/C15H10ClN3O2/c1-9-5-7-10(8-6-9)14-11-3-2-4-12(19(20)21)13(11)15(16)18-17-14/h2-8H,1H3. The number of hydrogen-bond donors (Lipinski definition) is 0. The zero-order valence-corrected chi connectivity index (χ0v) is 11.8. The van der Waals surface area contributed by atoms with E-state index in [4.69, 9.17) is 11.6 Å². The molecular weight excluding hydrogens is 290 g/mol.